The number of piperazine rings is 1. The number of aryl methyl sites for hydroxylation is 1. The number of thiophene rings is 1. The number of amides is 1. The van der Waals surface area contributed by atoms with Gasteiger partial charge < -0.3 is 9.80 Å². The van der Waals surface area contributed by atoms with E-state index >= 15 is 0 Å². The van der Waals surface area contributed by atoms with Crippen LogP contribution in [0.4, 0.5) is 5.82 Å². The molecule has 0 unspecified atom stereocenters. The molecule has 1 amide bonds. The molecular weight excluding hydrogens is 412 g/mol. The molecule has 4 aromatic rings. The molecule has 0 spiro atoms. The molecule has 9 heteroatoms. The number of carbonyl (C=O) groups is 1. The van der Waals surface area contributed by atoms with Crippen LogP contribution in [0, 0.1) is 6.92 Å². The summed E-state index contributed by atoms with van der Waals surface area (Å²) >= 11 is 1.58. The van der Waals surface area contributed by atoms with E-state index in [2.05, 4.69) is 20.0 Å². The van der Waals surface area contributed by atoms with Gasteiger partial charge in [-0.05, 0) is 30.5 Å². The molecule has 0 bridgehead atoms. The van der Waals surface area contributed by atoms with Gasteiger partial charge in [-0.3, -0.25) is 9.59 Å². The van der Waals surface area contributed by atoms with E-state index in [1.165, 1.54) is 6.07 Å². The fourth-order valence-corrected chi connectivity index (χ4v) is 4.55. The Labute approximate surface area is 182 Å². The van der Waals surface area contributed by atoms with Crippen molar-refractivity contribution in [1.82, 2.24) is 24.6 Å². The normalized spacial score (nSPS) is 14.2. The number of aromatic nitrogens is 4. The van der Waals surface area contributed by atoms with Crippen LogP contribution in [0.5, 0.6) is 0 Å². The van der Waals surface area contributed by atoms with E-state index in [9.17, 15) is 9.59 Å². The highest BCUT2D eigenvalue weighted by Crippen LogP contribution is 2.27. The highest BCUT2D eigenvalue weighted by Gasteiger charge is 2.27. The number of anilines is 1. The monoisotopic (exact) mass is 432 g/mol. The Balaban J connectivity index is 1.37. The summed E-state index contributed by atoms with van der Waals surface area (Å²) in [6, 6.07) is 13.0. The molecule has 0 saturated carbocycles. The number of benzene rings is 1. The molecule has 1 aromatic carbocycles. The van der Waals surface area contributed by atoms with Crippen LogP contribution in [-0.2, 0) is 0 Å². The zero-order chi connectivity index (χ0) is 21.4. The molecule has 1 aliphatic rings. The third-order valence-electron chi connectivity index (χ3n) is 5.42. The molecule has 1 aliphatic heterocycles. The summed E-state index contributed by atoms with van der Waals surface area (Å²) in [5, 5.41) is 7.44. The predicted octanol–water partition coefficient (Wildman–Crippen LogP) is 2.51. The first kappa shape index (κ1) is 19.4. The molecule has 8 nitrogen and oxygen atoms in total. The maximum atomic E-state index is 13.1. The summed E-state index contributed by atoms with van der Waals surface area (Å²) < 4.78 is 1.64. The largest absolute Gasteiger partial charge is 0.352 e. The van der Waals surface area contributed by atoms with Gasteiger partial charge in [0.1, 0.15) is 17.0 Å². The Hall–Kier alpha value is -3.59. The maximum absolute atomic E-state index is 13.1. The van der Waals surface area contributed by atoms with Crippen molar-refractivity contribution in [2.75, 3.05) is 31.1 Å². The first-order valence-electron chi connectivity index (χ1n) is 10.0. The minimum absolute atomic E-state index is 0.0508. The standard InChI is InChI=1S/C22H20N6O2S/c1-15-13-18(29)19(25-28(15)16-5-3-2-4-6-16)22(30)27-10-8-26(9-11-27)20-17-7-12-31-21(17)24-14-23-20/h2-7,12-14H,8-11H2,1H3. The first-order chi connectivity index (χ1) is 15.1. The Kier molecular flexibility index (Phi) is 4.95. The molecule has 0 aliphatic carbocycles. The van der Waals surface area contributed by atoms with Crippen LogP contribution in [0.1, 0.15) is 16.2 Å². The van der Waals surface area contributed by atoms with Crippen molar-refractivity contribution in [1.29, 1.82) is 0 Å². The molecule has 5 rings (SSSR count). The molecule has 1 fully saturated rings. The third-order valence-corrected chi connectivity index (χ3v) is 6.24. The number of carbonyl (C=O) groups excluding carboxylic acids is 1. The van der Waals surface area contributed by atoms with Crippen LogP contribution in [0.2, 0.25) is 0 Å². The lowest BCUT2D eigenvalue weighted by atomic mass is 10.2. The van der Waals surface area contributed by atoms with Gasteiger partial charge in [0.05, 0.1) is 11.1 Å². The van der Waals surface area contributed by atoms with Crippen molar-refractivity contribution in [3.63, 3.8) is 0 Å². The summed E-state index contributed by atoms with van der Waals surface area (Å²) in [6.45, 7) is 4.06. The molecule has 156 valence electrons. The molecule has 0 radical (unpaired) electrons. The van der Waals surface area contributed by atoms with Crippen molar-refractivity contribution in [3.05, 3.63) is 75.8 Å². The van der Waals surface area contributed by atoms with Crippen molar-refractivity contribution in [3.8, 4) is 5.69 Å². The van der Waals surface area contributed by atoms with E-state index in [-0.39, 0.29) is 17.0 Å². The van der Waals surface area contributed by atoms with Crippen LogP contribution in [0.25, 0.3) is 15.9 Å². The zero-order valence-corrected chi connectivity index (χ0v) is 17.7. The van der Waals surface area contributed by atoms with Gasteiger partial charge in [-0.2, -0.15) is 5.10 Å². The summed E-state index contributed by atoms with van der Waals surface area (Å²) in [5.41, 5.74) is 1.08. The Morgan fingerprint density at radius 1 is 1.03 bits per heavy atom. The van der Waals surface area contributed by atoms with E-state index in [1.807, 2.05) is 41.8 Å². The van der Waals surface area contributed by atoms with Crippen LogP contribution >= 0.6 is 11.3 Å². The molecule has 3 aromatic heterocycles. The number of fused-ring (bicyclic) bond motifs is 1. The van der Waals surface area contributed by atoms with Gasteiger partial charge in [0.25, 0.3) is 5.91 Å². The van der Waals surface area contributed by atoms with Gasteiger partial charge in [-0.25, -0.2) is 14.6 Å². The summed E-state index contributed by atoms with van der Waals surface area (Å²) in [6.07, 6.45) is 1.58. The number of nitrogens with zero attached hydrogens (tertiary/aromatic N) is 6. The molecule has 0 atom stereocenters. The van der Waals surface area contributed by atoms with E-state index in [4.69, 9.17) is 0 Å². The van der Waals surface area contributed by atoms with Crippen LogP contribution < -0.4 is 10.3 Å². The number of hydrogen-bond donors (Lipinski definition) is 0. The van der Waals surface area contributed by atoms with Gasteiger partial charge in [-0.1, -0.05) is 18.2 Å². The van der Waals surface area contributed by atoms with E-state index in [0.29, 0.717) is 31.9 Å². The predicted molar refractivity (Wildman–Crippen MR) is 120 cm³/mol. The molecule has 0 N–H and O–H groups in total. The lowest BCUT2D eigenvalue weighted by Gasteiger charge is -2.35. The first-order valence-corrected chi connectivity index (χ1v) is 10.9. The van der Waals surface area contributed by atoms with Crippen molar-refractivity contribution in [2.24, 2.45) is 0 Å². The van der Waals surface area contributed by atoms with E-state index in [1.54, 1.807) is 34.2 Å². The number of rotatable bonds is 3. The number of para-hydroxylation sites is 1. The van der Waals surface area contributed by atoms with Crippen LogP contribution in [-0.4, -0.2) is 56.7 Å². The fourth-order valence-electron chi connectivity index (χ4n) is 3.83. The van der Waals surface area contributed by atoms with Gasteiger partial charge >= 0.3 is 0 Å². The Morgan fingerprint density at radius 3 is 2.58 bits per heavy atom. The SMILES string of the molecule is Cc1cc(=O)c(C(=O)N2CCN(c3ncnc4sccc34)CC2)nn1-c1ccccc1. The lowest BCUT2D eigenvalue weighted by Crippen LogP contribution is -2.50. The molecule has 1 saturated heterocycles. The van der Waals surface area contributed by atoms with Gasteiger partial charge in [0, 0.05) is 37.9 Å². The van der Waals surface area contributed by atoms with Gasteiger partial charge in [0.2, 0.25) is 5.43 Å². The minimum atomic E-state index is -0.354. The maximum Gasteiger partial charge on any atom is 0.278 e. The smallest absolute Gasteiger partial charge is 0.278 e. The minimum Gasteiger partial charge on any atom is -0.352 e. The van der Waals surface area contributed by atoms with Crippen molar-refractivity contribution >= 4 is 33.3 Å². The van der Waals surface area contributed by atoms with Gasteiger partial charge in [0.15, 0.2) is 5.69 Å². The molecular formula is C22H20N6O2S. The highest BCUT2D eigenvalue weighted by atomic mass is 32.1. The average molecular weight is 433 g/mol. The van der Waals surface area contributed by atoms with Crippen LogP contribution in [0.15, 0.2) is 59.0 Å². The molecule has 31 heavy (non-hydrogen) atoms. The second-order valence-corrected chi connectivity index (χ2v) is 8.26. The van der Waals surface area contributed by atoms with Crippen LogP contribution in [0.3, 0.4) is 0 Å². The van der Waals surface area contributed by atoms with Crippen molar-refractivity contribution < 1.29 is 4.79 Å². The summed E-state index contributed by atoms with van der Waals surface area (Å²) in [5.74, 6) is 0.552. The highest BCUT2D eigenvalue weighted by molar-refractivity contribution is 7.16. The zero-order valence-electron chi connectivity index (χ0n) is 16.9. The summed E-state index contributed by atoms with van der Waals surface area (Å²) in [4.78, 5) is 39.3. The van der Waals surface area contributed by atoms with E-state index < -0.39 is 0 Å². The molecule has 4 heterocycles. The fraction of sp³-hybridized carbons (Fsp3) is 0.227. The third kappa shape index (κ3) is 3.57. The topological polar surface area (TPSA) is 84.2 Å². The second kappa shape index (κ2) is 7.92. The van der Waals surface area contributed by atoms with E-state index in [0.717, 1.165) is 21.7 Å². The van der Waals surface area contributed by atoms with Gasteiger partial charge in [-0.15, -0.1) is 11.3 Å². The Bertz CT molecular complexity index is 1310. The number of hydrogen-bond acceptors (Lipinski definition) is 7. The van der Waals surface area contributed by atoms with Crippen molar-refractivity contribution in [2.45, 2.75) is 6.92 Å². The Morgan fingerprint density at radius 2 is 1.81 bits per heavy atom. The quantitative estimate of drug-likeness (QED) is 0.495. The average Bonchev–Trinajstić information content (AvgIpc) is 3.29. The second-order valence-electron chi connectivity index (χ2n) is 7.36. The summed E-state index contributed by atoms with van der Waals surface area (Å²) in [7, 11) is 0. The lowest BCUT2D eigenvalue weighted by molar-refractivity contribution is 0.0737.